The van der Waals surface area contributed by atoms with Crippen LogP contribution in [0.5, 0.6) is 0 Å². The minimum Gasteiger partial charge on any atom is -0.381 e. The van der Waals surface area contributed by atoms with Crippen LogP contribution in [0, 0.1) is 5.82 Å². The molecule has 19 heavy (non-hydrogen) atoms. The molecule has 102 valence electrons. The van der Waals surface area contributed by atoms with E-state index in [1.165, 1.54) is 12.3 Å². The molecule has 1 aromatic heterocycles. The summed E-state index contributed by atoms with van der Waals surface area (Å²) < 4.78 is 15.2. The highest BCUT2D eigenvalue weighted by Gasteiger charge is 2.30. The van der Waals surface area contributed by atoms with E-state index in [4.69, 9.17) is 23.2 Å². The van der Waals surface area contributed by atoms with E-state index < -0.39 is 11.4 Å². The highest BCUT2D eigenvalue weighted by molar-refractivity contribution is 6.35. The van der Waals surface area contributed by atoms with Crippen molar-refractivity contribution in [2.24, 2.45) is 0 Å². The van der Waals surface area contributed by atoms with E-state index >= 15 is 0 Å². The zero-order chi connectivity index (χ0) is 14.2. The Balaban J connectivity index is 2.52. The van der Waals surface area contributed by atoms with Gasteiger partial charge in [0.1, 0.15) is 11.4 Å². The number of benzene rings is 1. The molecule has 6 heteroatoms. The lowest BCUT2D eigenvalue weighted by Crippen LogP contribution is -2.23. The SMILES string of the molecule is CCn1cc(C(C)(O)c2cc(F)c(Cl)cc2Cl)cn1. The summed E-state index contributed by atoms with van der Waals surface area (Å²) in [4.78, 5) is 0. The van der Waals surface area contributed by atoms with Crippen molar-refractivity contribution in [1.82, 2.24) is 9.78 Å². The molecule has 0 fully saturated rings. The first-order valence-corrected chi connectivity index (χ1v) is 6.52. The molecule has 2 rings (SSSR count). The molecule has 0 radical (unpaired) electrons. The number of nitrogens with zero attached hydrogens (tertiary/aromatic N) is 2. The van der Waals surface area contributed by atoms with Crippen LogP contribution in [0.15, 0.2) is 24.5 Å². The lowest BCUT2D eigenvalue weighted by Gasteiger charge is -2.24. The number of aliphatic hydroxyl groups is 1. The molecule has 0 bridgehead atoms. The zero-order valence-corrected chi connectivity index (χ0v) is 12.0. The summed E-state index contributed by atoms with van der Waals surface area (Å²) in [6.45, 7) is 4.15. The van der Waals surface area contributed by atoms with Crippen molar-refractivity contribution < 1.29 is 9.50 Å². The van der Waals surface area contributed by atoms with Crippen molar-refractivity contribution in [1.29, 1.82) is 0 Å². The molecule has 0 amide bonds. The average Bonchev–Trinajstić information content (AvgIpc) is 2.83. The molecule has 1 aromatic carbocycles. The highest BCUT2D eigenvalue weighted by Crippen LogP contribution is 2.36. The number of aromatic nitrogens is 2. The third-order valence-electron chi connectivity index (χ3n) is 3.05. The number of hydrogen-bond acceptors (Lipinski definition) is 2. The summed E-state index contributed by atoms with van der Waals surface area (Å²) in [5.74, 6) is -0.621. The molecule has 1 atom stereocenters. The van der Waals surface area contributed by atoms with Crippen molar-refractivity contribution in [3.05, 3.63) is 51.5 Å². The summed E-state index contributed by atoms with van der Waals surface area (Å²) >= 11 is 11.7. The van der Waals surface area contributed by atoms with E-state index in [0.29, 0.717) is 12.1 Å². The molecule has 3 nitrogen and oxygen atoms in total. The van der Waals surface area contributed by atoms with Gasteiger partial charge in [0, 0.05) is 28.9 Å². The standard InChI is InChI=1S/C13H13Cl2FN2O/c1-3-18-7-8(6-17-18)13(2,19)9-4-12(16)11(15)5-10(9)14/h4-7,19H,3H2,1-2H3. The van der Waals surface area contributed by atoms with Gasteiger partial charge in [-0.15, -0.1) is 0 Å². The summed E-state index contributed by atoms with van der Waals surface area (Å²) in [7, 11) is 0. The fourth-order valence-electron chi connectivity index (χ4n) is 1.84. The van der Waals surface area contributed by atoms with E-state index in [1.54, 1.807) is 17.8 Å². The molecule has 1 unspecified atom stereocenters. The lowest BCUT2D eigenvalue weighted by atomic mass is 9.90. The Labute approximate surface area is 120 Å². The van der Waals surface area contributed by atoms with Gasteiger partial charge in [-0.2, -0.15) is 5.10 Å². The summed E-state index contributed by atoms with van der Waals surface area (Å²) in [5, 5.41) is 14.8. The maximum Gasteiger partial charge on any atom is 0.142 e. The second kappa shape index (κ2) is 5.12. The second-order valence-electron chi connectivity index (χ2n) is 4.40. The van der Waals surface area contributed by atoms with Crippen molar-refractivity contribution in [2.45, 2.75) is 26.0 Å². The topological polar surface area (TPSA) is 38.0 Å². The van der Waals surface area contributed by atoms with Gasteiger partial charge in [-0.05, 0) is 26.0 Å². The molecular formula is C13H13Cl2FN2O. The van der Waals surface area contributed by atoms with Gasteiger partial charge in [0.2, 0.25) is 0 Å². The lowest BCUT2D eigenvalue weighted by molar-refractivity contribution is 0.102. The molecule has 1 heterocycles. The van der Waals surface area contributed by atoms with Crippen molar-refractivity contribution in [2.75, 3.05) is 0 Å². The second-order valence-corrected chi connectivity index (χ2v) is 5.22. The van der Waals surface area contributed by atoms with Crippen molar-refractivity contribution >= 4 is 23.2 Å². The van der Waals surface area contributed by atoms with Gasteiger partial charge in [0.15, 0.2) is 0 Å². The van der Waals surface area contributed by atoms with Crippen LogP contribution < -0.4 is 0 Å². The third-order valence-corrected chi connectivity index (χ3v) is 3.66. The third kappa shape index (κ3) is 2.61. The fraction of sp³-hybridized carbons (Fsp3) is 0.308. The predicted molar refractivity (Wildman–Crippen MR) is 73.0 cm³/mol. The first kappa shape index (κ1) is 14.3. The highest BCUT2D eigenvalue weighted by atomic mass is 35.5. The van der Waals surface area contributed by atoms with Crippen LogP contribution in [-0.4, -0.2) is 14.9 Å². The molecule has 0 aliphatic heterocycles. The van der Waals surface area contributed by atoms with E-state index in [-0.39, 0.29) is 15.6 Å². The van der Waals surface area contributed by atoms with E-state index in [2.05, 4.69) is 5.10 Å². The van der Waals surface area contributed by atoms with Crippen molar-refractivity contribution in [3.63, 3.8) is 0 Å². The molecular weight excluding hydrogens is 290 g/mol. The quantitative estimate of drug-likeness (QED) is 0.880. The van der Waals surface area contributed by atoms with Gasteiger partial charge >= 0.3 is 0 Å². The van der Waals surface area contributed by atoms with Gasteiger partial charge in [-0.25, -0.2) is 4.39 Å². The van der Waals surface area contributed by atoms with Crippen LogP contribution in [0.2, 0.25) is 10.0 Å². The van der Waals surface area contributed by atoms with Gasteiger partial charge in [-0.3, -0.25) is 4.68 Å². The Morgan fingerprint density at radius 3 is 2.63 bits per heavy atom. The largest absolute Gasteiger partial charge is 0.381 e. The fourth-order valence-corrected chi connectivity index (χ4v) is 2.41. The van der Waals surface area contributed by atoms with E-state index in [9.17, 15) is 9.50 Å². The Kier molecular flexibility index (Phi) is 3.85. The molecule has 0 aliphatic rings. The van der Waals surface area contributed by atoms with Gasteiger partial charge in [0.05, 0.1) is 11.2 Å². The first-order chi connectivity index (χ1) is 8.86. The van der Waals surface area contributed by atoms with Crippen LogP contribution in [0.3, 0.4) is 0 Å². The van der Waals surface area contributed by atoms with E-state index in [0.717, 1.165) is 6.07 Å². The summed E-state index contributed by atoms with van der Waals surface area (Å²) in [5.41, 5.74) is -0.639. The van der Waals surface area contributed by atoms with Crippen LogP contribution in [0.1, 0.15) is 25.0 Å². The first-order valence-electron chi connectivity index (χ1n) is 5.76. The Morgan fingerprint density at radius 1 is 1.37 bits per heavy atom. The number of halogens is 3. The monoisotopic (exact) mass is 302 g/mol. The van der Waals surface area contributed by atoms with Gasteiger partial charge in [-0.1, -0.05) is 23.2 Å². The van der Waals surface area contributed by atoms with Crippen molar-refractivity contribution in [3.8, 4) is 0 Å². The minimum absolute atomic E-state index is 0.0752. The minimum atomic E-state index is -1.43. The summed E-state index contributed by atoms with van der Waals surface area (Å²) in [6, 6.07) is 2.43. The van der Waals surface area contributed by atoms with E-state index in [1.807, 2.05) is 6.92 Å². The Morgan fingerprint density at radius 2 is 2.05 bits per heavy atom. The number of aryl methyl sites for hydroxylation is 1. The Hall–Kier alpha value is -1.10. The number of hydrogen-bond donors (Lipinski definition) is 1. The van der Waals surface area contributed by atoms with Crippen LogP contribution in [-0.2, 0) is 12.1 Å². The zero-order valence-electron chi connectivity index (χ0n) is 10.5. The normalized spacial score (nSPS) is 14.4. The smallest absolute Gasteiger partial charge is 0.142 e. The van der Waals surface area contributed by atoms with Crippen LogP contribution in [0.25, 0.3) is 0 Å². The van der Waals surface area contributed by atoms with Gasteiger partial charge < -0.3 is 5.11 Å². The predicted octanol–water partition coefficient (Wildman–Crippen LogP) is 3.60. The van der Waals surface area contributed by atoms with Crippen LogP contribution >= 0.6 is 23.2 Å². The van der Waals surface area contributed by atoms with Gasteiger partial charge in [0.25, 0.3) is 0 Å². The summed E-state index contributed by atoms with van der Waals surface area (Å²) in [6.07, 6.45) is 3.23. The average molecular weight is 303 g/mol. The molecule has 0 aliphatic carbocycles. The molecule has 0 spiro atoms. The maximum absolute atomic E-state index is 13.6. The molecule has 2 aromatic rings. The maximum atomic E-state index is 13.6. The molecule has 0 saturated carbocycles. The van der Waals surface area contributed by atoms with Crippen LogP contribution in [0.4, 0.5) is 4.39 Å². The molecule has 0 saturated heterocycles. The Bertz CT molecular complexity index is 611. The number of rotatable bonds is 3. The molecule has 1 N–H and O–H groups in total.